The first-order valence-corrected chi connectivity index (χ1v) is 10.7. The first-order valence-electron chi connectivity index (χ1n) is 9.47. The van der Waals surface area contributed by atoms with Crippen molar-refractivity contribution in [2.45, 2.75) is 31.7 Å². The first-order chi connectivity index (χ1) is 12.7. The average Bonchev–Trinajstić information content (AvgIpc) is 3.30. The normalized spacial score (nSPS) is 23.7. The minimum absolute atomic E-state index is 0.132. The lowest BCUT2D eigenvalue weighted by Crippen LogP contribution is -2.38. The minimum atomic E-state index is 0.132. The smallest absolute Gasteiger partial charge is 0.223 e. The number of likely N-dealkylation sites (tertiary alicyclic amines) is 1. The van der Waals surface area contributed by atoms with E-state index in [1.54, 1.807) is 0 Å². The molecule has 2 aromatic rings. The summed E-state index contributed by atoms with van der Waals surface area (Å²) in [6, 6.07) is 12.2. The third-order valence-corrected chi connectivity index (χ3v) is 6.73. The van der Waals surface area contributed by atoms with Gasteiger partial charge in [-0.2, -0.15) is 0 Å². The number of rotatable bonds is 6. The Morgan fingerprint density at radius 3 is 2.81 bits per heavy atom. The van der Waals surface area contributed by atoms with Crippen LogP contribution in [0, 0.1) is 11.8 Å². The SMILES string of the molecule is O=C(NCC1CCN(Cc2cccs2)CC1)C1CC1c1cccc(Cl)c1. The second-order valence-corrected chi connectivity index (χ2v) is 9.02. The van der Waals surface area contributed by atoms with Gasteiger partial charge in [0.15, 0.2) is 0 Å². The Morgan fingerprint density at radius 1 is 1.23 bits per heavy atom. The Hall–Kier alpha value is -1.36. The zero-order valence-electron chi connectivity index (χ0n) is 14.9. The van der Waals surface area contributed by atoms with Crippen LogP contribution in [0.4, 0.5) is 0 Å². The molecule has 2 unspecified atom stereocenters. The number of nitrogens with one attached hydrogen (secondary N) is 1. The maximum atomic E-state index is 12.4. The molecular formula is C21H25ClN2OS. The van der Waals surface area contributed by atoms with Crippen LogP contribution in [0.5, 0.6) is 0 Å². The number of nitrogens with zero attached hydrogens (tertiary/aromatic N) is 1. The summed E-state index contributed by atoms with van der Waals surface area (Å²) in [5, 5.41) is 6.10. The molecular weight excluding hydrogens is 364 g/mol. The standard InChI is InChI=1S/C21H25ClN2OS/c22-17-4-1-3-16(11-17)19-12-20(19)21(25)23-13-15-6-8-24(9-7-15)14-18-5-2-10-26-18/h1-5,10-11,15,19-20H,6-9,12-14H2,(H,23,25). The highest BCUT2D eigenvalue weighted by atomic mass is 35.5. The third kappa shape index (κ3) is 4.48. The summed E-state index contributed by atoms with van der Waals surface area (Å²) in [6.45, 7) is 4.16. The number of carbonyl (C=O) groups is 1. The summed E-state index contributed by atoms with van der Waals surface area (Å²) in [7, 11) is 0. The molecule has 1 amide bonds. The van der Waals surface area contributed by atoms with Crippen LogP contribution in [0.15, 0.2) is 41.8 Å². The molecule has 2 heterocycles. The van der Waals surface area contributed by atoms with E-state index in [-0.39, 0.29) is 11.8 Å². The average molecular weight is 389 g/mol. The molecule has 1 aliphatic carbocycles. The number of hydrogen-bond acceptors (Lipinski definition) is 3. The Balaban J connectivity index is 1.18. The monoisotopic (exact) mass is 388 g/mol. The van der Waals surface area contributed by atoms with Crippen molar-refractivity contribution in [2.75, 3.05) is 19.6 Å². The number of carbonyl (C=O) groups excluding carboxylic acids is 1. The molecule has 1 aliphatic heterocycles. The predicted molar refractivity (Wildman–Crippen MR) is 108 cm³/mol. The molecule has 2 aliphatic rings. The molecule has 4 rings (SSSR count). The largest absolute Gasteiger partial charge is 0.356 e. The number of thiophene rings is 1. The van der Waals surface area contributed by atoms with E-state index in [2.05, 4.69) is 33.8 Å². The van der Waals surface area contributed by atoms with E-state index >= 15 is 0 Å². The summed E-state index contributed by atoms with van der Waals surface area (Å²) in [5.74, 6) is 1.31. The molecule has 26 heavy (non-hydrogen) atoms. The van der Waals surface area contributed by atoms with E-state index in [4.69, 9.17) is 11.6 Å². The van der Waals surface area contributed by atoms with Gasteiger partial charge in [0.1, 0.15) is 0 Å². The van der Waals surface area contributed by atoms with Crippen LogP contribution >= 0.6 is 22.9 Å². The molecule has 1 aromatic carbocycles. The zero-order valence-corrected chi connectivity index (χ0v) is 16.4. The molecule has 0 radical (unpaired) electrons. The van der Waals surface area contributed by atoms with Crippen molar-refractivity contribution in [3.63, 3.8) is 0 Å². The second kappa shape index (κ2) is 8.12. The molecule has 138 valence electrons. The van der Waals surface area contributed by atoms with Crippen LogP contribution in [0.3, 0.4) is 0 Å². The summed E-state index contributed by atoms with van der Waals surface area (Å²) in [4.78, 5) is 16.4. The Morgan fingerprint density at radius 2 is 2.08 bits per heavy atom. The van der Waals surface area contributed by atoms with Gasteiger partial charge in [-0.3, -0.25) is 9.69 Å². The van der Waals surface area contributed by atoms with Crippen LogP contribution in [0.25, 0.3) is 0 Å². The van der Waals surface area contributed by atoms with Gasteiger partial charge in [-0.05, 0) is 73.3 Å². The second-order valence-electron chi connectivity index (χ2n) is 7.55. The summed E-state index contributed by atoms with van der Waals surface area (Å²) < 4.78 is 0. The number of halogens is 1. The predicted octanol–water partition coefficient (Wildman–Crippen LogP) is 4.53. The zero-order chi connectivity index (χ0) is 17.9. The van der Waals surface area contributed by atoms with E-state index in [1.165, 1.54) is 23.3 Å². The van der Waals surface area contributed by atoms with E-state index in [0.29, 0.717) is 11.8 Å². The van der Waals surface area contributed by atoms with Crippen LogP contribution in [-0.4, -0.2) is 30.4 Å². The molecule has 0 bridgehead atoms. The fraction of sp³-hybridized carbons (Fsp3) is 0.476. The van der Waals surface area contributed by atoms with Crippen molar-refractivity contribution < 1.29 is 4.79 Å². The molecule has 2 fully saturated rings. The van der Waals surface area contributed by atoms with Gasteiger partial charge < -0.3 is 5.32 Å². The highest BCUT2D eigenvalue weighted by Gasteiger charge is 2.43. The molecule has 2 atom stereocenters. The lowest BCUT2D eigenvalue weighted by molar-refractivity contribution is -0.122. The number of amides is 1. The van der Waals surface area contributed by atoms with E-state index in [1.807, 2.05) is 29.5 Å². The van der Waals surface area contributed by atoms with E-state index < -0.39 is 0 Å². The lowest BCUT2D eigenvalue weighted by Gasteiger charge is -2.31. The van der Waals surface area contributed by atoms with Crippen molar-refractivity contribution in [3.8, 4) is 0 Å². The van der Waals surface area contributed by atoms with Crippen molar-refractivity contribution in [1.82, 2.24) is 10.2 Å². The third-order valence-electron chi connectivity index (χ3n) is 5.64. The number of benzene rings is 1. The van der Waals surface area contributed by atoms with Crippen LogP contribution < -0.4 is 5.32 Å². The van der Waals surface area contributed by atoms with Crippen molar-refractivity contribution in [2.24, 2.45) is 11.8 Å². The molecule has 1 N–H and O–H groups in total. The minimum Gasteiger partial charge on any atom is -0.356 e. The van der Waals surface area contributed by atoms with Crippen LogP contribution in [0.1, 0.15) is 35.6 Å². The number of piperidine rings is 1. The maximum Gasteiger partial charge on any atom is 0.223 e. The van der Waals surface area contributed by atoms with Gasteiger partial charge in [-0.15, -0.1) is 11.3 Å². The fourth-order valence-electron chi connectivity index (χ4n) is 3.94. The van der Waals surface area contributed by atoms with Gasteiger partial charge in [-0.1, -0.05) is 29.8 Å². The van der Waals surface area contributed by atoms with Gasteiger partial charge >= 0.3 is 0 Å². The summed E-state index contributed by atoms with van der Waals surface area (Å²) >= 11 is 7.89. The van der Waals surface area contributed by atoms with Crippen LogP contribution in [0.2, 0.25) is 5.02 Å². The maximum absolute atomic E-state index is 12.4. The van der Waals surface area contributed by atoms with Gasteiger partial charge in [0.25, 0.3) is 0 Å². The highest BCUT2D eigenvalue weighted by molar-refractivity contribution is 7.09. The van der Waals surface area contributed by atoms with Crippen molar-refractivity contribution in [3.05, 3.63) is 57.2 Å². The van der Waals surface area contributed by atoms with E-state index in [0.717, 1.165) is 37.6 Å². The molecule has 1 saturated carbocycles. The molecule has 3 nitrogen and oxygen atoms in total. The fourth-order valence-corrected chi connectivity index (χ4v) is 4.88. The van der Waals surface area contributed by atoms with Crippen molar-refractivity contribution in [1.29, 1.82) is 0 Å². The van der Waals surface area contributed by atoms with Gasteiger partial charge in [0, 0.05) is 28.9 Å². The summed E-state index contributed by atoms with van der Waals surface area (Å²) in [6.07, 6.45) is 3.30. The Bertz CT molecular complexity index is 740. The quantitative estimate of drug-likeness (QED) is 0.788. The molecule has 1 saturated heterocycles. The Labute approximate surface area is 164 Å². The van der Waals surface area contributed by atoms with Crippen LogP contribution in [-0.2, 0) is 11.3 Å². The van der Waals surface area contributed by atoms with Crippen molar-refractivity contribution >= 4 is 28.8 Å². The molecule has 1 aromatic heterocycles. The van der Waals surface area contributed by atoms with Gasteiger partial charge in [0.05, 0.1) is 0 Å². The van der Waals surface area contributed by atoms with Gasteiger partial charge in [0.2, 0.25) is 5.91 Å². The van der Waals surface area contributed by atoms with Gasteiger partial charge in [-0.25, -0.2) is 0 Å². The highest BCUT2D eigenvalue weighted by Crippen LogP contribution is 2.47. The lowest BCUT2D eigenvalue weighted by atomic mass is 9.96. The topological polar surface area (TPSA) is 32.3 Å². The van der Waals surface area contributed by atoms with E-state index in [9.17, 15) is 4.79 Å². The Kier molecular flexibility index (Phi) is 5.63. The number of hydrogen-bond donors (Lipinski definition) is 1. The molecule has 5 heteroatoms. The first kappa shape index (κ1) is 18.0. The summed E-state index contributed by atoms with van der Waals surface area (Å²) in [5.41, 5.74) is 1.19. The molecule has 0 spiro atoms.